The number of nitrogens with zero attached hydrogens (tertiary/aromatic N) is 1. The summed E-state index contributed by atoms with van der Waals surface area (Å²) in [6, 6.07) is 8.55. The number of halogens is 2. The molecular weight excluding hydrogens is 425 g/mol. The fourth-order valence-corrected chi connectivity index (χ4v) is 3.28. The average molecular weight is 450 g/mol. The monoisotopic (exact) mass is 449 g/mol. The SMILES string of the molecule is CN=C(NCC1(C)CCCO1)NC1CC1c1cccc(Cl)c1.I. The van der Waals surface area contributed by atoms with E-state index in [-0.39, 0.29) is 29.6 Å². The van der Waals surface area contributed by atoms with Crippen LogP contribution in [0.3, 0.4) is 0 Å². The molecule has 3 unspecified atom stereocenters. The van der Waals surface area contributed by atoms with Crippen LogP contribution in [0.15, 0.2) is 29.3 Å². The van der Waals surface area contributed by atoms with Gasteiger partial charge in [0.1, 0.15) is 0 Å². The molecule has 4 nitrogen and oxygen atoms in total. The predicted octanol–water partition coefficient (Wildman–Crippen LogP) is 3.55. The van der Waals surface area contributed by atoms with Gasteiger partial charge in [-0.05, 0) is 43.9 Å². The van der Waals surface area contributed by atoms with Gasteiger partial charge in [-0.25, -0.2) is 0 Å². The van der Waals surface area contributed by atoms with E-state index in [1.165, 1.54) is 5.56 Å². The zero-order valence-electron chi connectivity index (χ0n) is 13.6. The minimum absolute atomic E-state index is 0. The zero-order valence-corrected chi connectivity index (χ0v) is 16.7. The first-order valence-electron chi connectivity index (χ1n) is 7.96. The number of guanidine groups is 1. The van der Waals surface area contributed by atoms with Crippen LogP contribution in [0.2, 0.25) is 5.02 Å². The summed E-state index contributed by atoms with van der Waals surface area (Å²) >= 11 is 6.06. The highest BCUT2D eigenvalue weighted by Gasteiger charge is 2.39. The molecule has 0 aromatic heterocycles. The molecule has 1 saturated heterocycles. The number of hydrogen-bond acceptors (Lipinski definition) is 2. The first-order valence-corrected chi connectivity index (χ1v) is 8.34. The van der Waals surface area contributed by atoms with Crippen LogP contribution in [0, 0.1) is 0 Å². The Bertz CT molecular complexity index is 561. The topological polar surface area (TPSA) is 45.7 Å². The Morgan fingerprint density at radius 2 is 2.30 bits per heavy atom. The molecule has 0 amide bonds. The summed E-state index contributed by atoms with van der Waals surface area (Å²) in [6.07, 6.45) is 3.37. The minimum atomic E-state index is -0.0620. The number of hydrogen-bond donors (Lipinski definition) is 2. The van der Waals surface area contributed by atoms with Crippen LogP contribution in [-0.2, 0) is 4.74 Å². The Balaban J connectivity index is 0.00000192. The summed E-state index contributed by atoms with van der Waals surface area (Å²) in [5, 5.41) is 7.69. The number of benzene rings is 1. The maximum absolute atomic E-state index is 6.06. The van der Waals surface area contributed by atoms with Gasteiger partial charge in [0, 0.05) is 37.2 Å². The second-order valence-corrected chi connectivity index (χ2v) is 6.91. The van der Waals surface area contributed by atoms with Gasteiger partial charge < -0.3 is 15.4 Å². The second-order valence-electron chi connectivity index (χ2n) is 6.48. The van der Waals surface area contributed by atoms with Crippen LogP contribution in [0.25, 0.3) is 0 Å². The Labute approximate surface area is 160 Å². The highest BCUT2D eigenvalue weighted by atomic mass is 127. The highest BCUT2D eigenvalue weighted by Crippen LogP contribution is 2.41. The van der Waals surface area contributed by atoms with E-state index in [4.69, 9.17) is 16.3 Å². The van der Waals surface area contributed by atoms with Gasteiger partial charge in [0.25, 0.3) is 0 Å². The van der Waals surface area contributed by atoms with Gasteiger partial charge in [-0.2, -0.15) is 0 Å². The maximum Gasteiger partial charge on any atom is 0.191 e. The normalized spacial score (nSPS) is 29.8. The molecule has 2 aliphatic rings. The van der Waals surface area contributed by atoms with Gasteiger partial charge in [-0.1, -0.05) is 23.7 Å². The van der Waals surface area contributed by atoms with Gasteiger partial charge in [-0.15, -0.1) is 24.0 Å². The summed E-state index contributed by atoms with van der Waals surface area (Å²) in [7, 11) is 1.81. The number of nitrogens with one attached hydrogen (secondary N) is 2. The van der Waals surface area contributed by atoms with Crippen LogP contribution in [0.5, 0.6) is 0 Å². The molecule has 23 heavy (non-hydrogen) atoms. The largest absolute Gasteiger partial charge is 0.373 e. The van der Waals surface area contributed by atoms with Crippen molar-refractivity contribution in [2.75, 3.05) is 20.2 Å². The van der Waals surface area contributed by atoms with Crippen molar-refractivity contribution in [2.45, 2.75) is 43.7 Å². The first-order chi connectivity index (χ1) is 10.6. The Morgan fingerprint density at radius 3 is 2.96 bits per heavy atom. The third kappa shape index (κ3) is 4.97. The number of ether oxygens (including phenoxy) is 1. The Kier molecular flexibility index (Phi) is 6.57. The molecule has 3 rings (SSSR count). The lowest BCUT2D eigenvalue weighted by atomic mass is 10.0. The van der Waals surface area contributed by atoms with E-state index in [2.05, 4.69) is 34.7 Å². The van der Waals surface area contributed by atoms with Crippen LogP contribution in [0.4, 0.5) is 0 Å². The molecule has 1 aliphatic heterocycles. The molecule has 3 atom stereocenters. The molecule has 1 saturated carbocycles. The van der Waals surface area contributed by atoms with E-state index in [9.17, 15) is 0 Å². The molecule has 1 aromatic carbocycles. The van der Waals surface area contributed by atoms with Crippen molar-refractivity contribution in [3.05, 3.63) is 34.9 Å². The summed E-state index contributed by atoms with van der Waals surface area (Å²) in [5.74, 6) is 1.38. The van der Waals surface area contributed by atoms with E-state index in [0.29, 0.717) is 12.0 Å². The molecule has 0 spiro atoms. The Morgan fingerprint density at radius 1 is 1.48 bits per heavy atom. The predicted molar refractivity (Wildman–Crippen MR) is 106 cm³/mol. The average Bonchev–Trinajstić information content (AvgIpc) is 3.15. The minimum Gasteiger partial charge on any atom is -0.373 e. The quantitative estimate of drug-likeness (QED) is 0.420. The van der Waals surface area contributed by atoms with Crippen molar-refractivity contribution < 1.29 is 4.74 Å². The summed E-state index contributed by atoms with van der Waals surface area (Å²) in [6.45, 7) is 3.82. The smallest absolute Gasteiger partial charge is 0.191 e. The van der Waals surface area contributed by atoms with Gasteiger partial charge in [0.05, 0.1) is 5.60 Å². The number of rotatable bonds is 4. The van der Waals surface area contributed by atoms with Crippen molar-refractivity contribution in [1.82, 2.24) is 10.6 Å². The van der Waals surface area contributed by atoms with Gasteiger partial charge in [-0.3, -0.25) is 4.99 Å². The van der Waals surface area contributed by atoms with Crippen molar-refractivity contribution in [3.8, 4) is 0 Å². The fraction of sp³-hybridized carbons (Fsp3) is 0.588. The fourth-order valence-electron chi connectivity index (χ4n) is 3.08. The standard InChI is InChI=1S/C17H24ClN3O.HI/c1-17(7-4-8-22-17)11-20-16(19-2)21-15-10-14(15)12-5-3-6-13(18)9-12;/h3,5-6,9,14-15H,4,7-8,10-11H2,1-2H3,(H2,19,20,21);1H. The van der Waals surface area contributed by atoms with Gasteiger partial charge >= 0.3 is 0 Å². The molecule has 2 N–H and O–H groups in total. The van der Waals surface area contributed by atoms with Crippen LogP contribution >= 0.6 is 35.6 Å². The number of aliphatic imine (C=N–C) groups is 1. The van der Waals surface area contributed by atoms with E-state index >= 15 is 0 Å². The van der Waals surface area contributed by atoms with Crippen molar-refractivity contribution in [3.63, 3.8) is 0 Å². The third-order valence-electron chi connectivity index (χ3n) is 4.54. The van der Waals surface area contributed by atoms with E-state index in [0.717, 1.165) is 43.4 Å². The molecule has 0 bridgehead atoms. The molecule has 1 aliphatic carbocycles. The van der Waals surface area contributed by atoms with Gasteiger partial charge in [0.15, 0.2) is 5.96 Å². The van der Waals surface area contributed by atoms with Crippen LogP contribution in [-0.4, -0.2) is 37.8 Å². The Hall–Kier alpha value is -0.530. The molecule has 0 radical (unpaired) electrons. The summed E-state index contributed by atoms with van der Waals surface area (Å²) in [5.41, 5.74) is 1.24. The first kappa shape index (κ1) is 18.8. The van der Waals surface area contributed by atoms with E-state index in [1.807, 2.05) is 19.2 Å². The van der Waals surface area contributed by atoms with E-state index < -0.39 is 0 Å². The van der Waals surface area contributed by atoms with Crippen LogP contribution < -0.4 is 10.6 Å². The lowest BCUT2D eigenvalue weighted by Crippen LogP contribution is -2.46. The molecule has 2 fully saturated rings. The molecule has 6 heteroatoms. The molecule has 1 aromatic rings. The summed E-state index contributed by atoms with van der Waals surface area (Å²) in [4.78, 5) is 4.32. The van der Waals surface area contributed by atoms with Crippen LogP contribution in [0.1, 0.15) is 37.7 Å². The maximum atomic E-state index is 6.06. The van der Waals surface area contributed by atoms with Crippen molar-refractivity contribution in [1.29, 1.82) is 0 Å². The van der Waals surface area contributed by atoms with Crippen molar-refractivity contribution in [2.24, 2.45) is 4.99 Å². The van der Waals surface area contributed by atoms with Crippen molar-refractivity contribution >= 4 is 41.5 Å². The highest BCUT2D eigenvalue weighted by molar-refractivity contribution is 14.0. The molecule has 128 valence electrons. The van der Waals surface area contributed by atoms with Gasteiger partial charge in [0.2, 0.25) is 0 Å². The summed E-state index contributed by atoms with van der Waals surface area (Å²) < 4.78 is 5.80. The molecular formula is C17H25ClIN3O. The zero-order chi connectivity index (χ0) is 15.6. The van der Waals surface area contributed by atoms with E-state index in [1.54, 1.807) is 0 Å². The lowest BCUT2D eigenvalue weighted by molar-refractivity contribution is 0.0243. The second kappa shape index (κ2) is 8.03. The third-order valence-corrected chi connectivity index (χ3v) is 4.78. The lowest BCUT2D eigenvalue weighted by Gasteiger charge is -2.24. The molecule has 1 heterocycles.